The molecule has 0 bridgehead atoms. The Morgan fingerprint density at radius 3 is 2.52 bits per heavy atom. The second-order valence-electron chi connectivity index (χ2n) is 6.18. The molecule has 0 unspecified atom stereocenters. The molecule has 0 saturated heterocycles. The lowest BCUT2D eigenvalue weighted by Crippen LogP contribution is -2.23. The number of aromatic nitrogens is 1. The van der Waals surface area contributed by atoms with Crippen LogP contribution in [0.2, 0.25) is 0 Å². The van der Waals surface area contributed by atoms with Crippen LogP contribution in [0.5, 0.6) is 0 Å². The van der Waals surface area contributed by atoms with Crippen LogP contribution in [0.1, 0.15) is 24.5 Å². The third kappa shape index (κ3) is 3.79. The molecule has 4 heteroatoms. The summed E-state index contributed by atoms with van der Waals surface area (Å²) in [5.74, 6) is -0.0965. The van der Waals surface area contributed by atoms with Gasteiger partial charge < -0.3 is 9.88 Å². The average molecular weight is 334 g/mol. The van der Waals surface area contributed by atoms with Crippen molar-refractivity contribution in [3.63, 3.8) is 0 Å². The van der Waals surface area contributed by atoms with Crippen LogP contribution in [0.15, 0.2) is 59.4 Å². The highest BCUT2D eigenvalue weighted by atomic mass is 16.1. The molecule has 1 aromatic heterocycles. The van der Waals surface area contributed by atoms with E-state index in [1.807, 2.05) is 55.5 Å². The highest BCUT2D eigenvalue weighted by Gasteiger charge is 2.08. The van der Waals surface area contributed by atoms with Gasteiger partial charge in [0, 0.05) is 30.1 Å². The number of pyridine rings is 1. The Kier molecular flexibility index (Phi) is 4.98. The molecule has 3 rings (SSSR count). The lowest BCUT2D eigenvalue weighted by molar-refractivity contribution is -0.116. The van der Waals surface area contributed by atoms with Gasteiger partial charge in [0.1, 0.15) is 0 Å². The van der Waals surface area contributed by atoms with E-state index in [9.17, 15) is 9.59 Å². The van der Waals surface area contributed by atoms with Crippen molar-refractivity contribution in [3.05, 3.63) is 76.1 Å². The number of hydrogen-bond donors (Lipinski definition) is 1. The van der Waals surface area contributed by atoms with Crippen molar-refractivity contribution >= 4 is 22.5 Å². The van der Waals surface area contributed by atoms with Crippen molar-refractivity contribution in [2.24, 2.45) is 0 Å². The number of anilines is 1. The molecule has 3 aromatic rings. The van der Waals surface area contributed by atoms with Gasteiger partial charge in [-0.15, -0.1) is 0 Å². The molecule has 1 heterocycles. The van der Waals surface area contributed by atoms with Crippen LogP contribution in [-0.4, -0.2) is 10.5 Å². The lowest BCUT2D eigenvalue weighted by atomic mass is 10.1. The number of carbonyl (C=O) groups excluding carboxylic acids is 1. The molecule has 0 fully saturated rings. The summed E-state index contributed by atoms with van der Waals surface area (Å²) < 4.78 is 1.67. The van der Waals surface area contributed by atoms with Crippen LogP contribution in [0.3, 0.4) is 0 Å². The van der Waals surface area contributed by atoms with Gasteiger partial charge in [-0.1, -0.05) is 37.3 Å². The Bertz CT molecular complexity index is 956. The largest absolute Gasteiger partial charge is 0.326 e. The fraction of sp³-hybridized carbons (Fsp3) is 0.238. The number of nitrogens with zero attached hydrogens (tertiary/aromatic N) is 1. The number of fused-ring (bicyclic) bond motifs is 1. The van der Waals surface area contributed by atoms with Crippen molar-refractivity contribution in [2.75, 3.05) is 5.32 Å². The van der Waals surface area contributed by atoms with Gasteiger partial charge >= 0.3 is 0 Å². The molecule has 0 aliphatic heterocycles. The lowest BCUT2D eigenvalue weighted by Gasteiger charge is -2.12. The fourth-order valence-corrected chi connectivity index (χ4v) is 2.99. The summed E-state index contributed by atoms with van der Waals surface area (Å²) in [5, 5.41) is 3.93. The van der Waals surface area contributed by atoms with Gasteiger partial charge in [0.2, 0.25) is 5.91 Å². The average Bonchev–Trinajstić information content (AvgIpc) is 2.62. The molecule has 0 radical (unpaired) electrons. The normalized spacial score (nSPS) is 10.8. The first-order chi connectivity index (χ1) is 12.1. The number of para-hydroxylation sites is 1. The van der Waals surface area contributed by atoms with Crippen LogP contribution in [0.25, 0.3) is 10.9 Å². The minimum absolute atomic E-state index is 0.0729. The highest BCUT2D eigenvalue weighted by Crippen LogP contribution is 2.16. The highest BCUT2D eigenvalue weighted by molar-refractivity contribution is 5.90. The van der Waals surface area contributed by atoms with E-state index in [1.165, 1.54) is 5.56 Å². The van der Waals surface area contributed by atoms with Gasteiger partial charge in [-0.05, 0) is 42.7 Å². The molecular formula is C21H22N2O2. The topological polar surface area (TPSA) is 51.1 Å². The summed E-state index contributed by atoms with van der Waals surface area (Å²) in [7, 11) is 0. The van der Waals surface area contributed by atoms with Crippen molar-refractivity contribution in [3.8, 4) is 0 Å². The molecule has 25 heavy (non-hydrogen) atoms. The third-order valence-electron chi connectivity index (χ3n) is 4.43. The number of carbonyl (C=O) groups is 1. The van der Waals surface area contributed by atoms with Crippen molar-refractivity contribution < 1.29 is 4.79 Å². The van der Waals surface area contributed by atoms with Gasteiger partial charge in [0.25, 0.3) is 5.56 Å². The Labute approximate surface area is 147 Å². The van der Waals surface area contributed by atoms with Crippen LogP contribution in [0, 0.1) is 6.92 Å². The Balaban J connectivity index is 1.74. The minimum Gasteiger partial charge on any atom is -0.326 e. The van der Waals surface area contributed by atoms with Crippen LogP contribution >= 0.6 is 0 Å². The summed E-state index contributed by atoms with van der Waals surface area (Å²) >= 11 is 0. The van der Waals surface area contributed by atoms with Gasteiger partial charge in [-0.3, -0.25) is 9.59 Å². The van der Waals surface area contributed by atoms with E-state index in [0.717, 1.165) is 28.6 Å². The van der Waals surface area contributed by atoms with Crippen molar-refractivity contribution in [1.29, 1.82) is 0 Å². The predicted octanol–water partition coefficient (Wildman–Crippen LogP) is 3.90. The van der Waals surface area contributed by atoms with E-state index in [2.05, 4.69) is 12.2 Å². The summed E-state index contributed by atoms with van der Waals surface area (Å²) in [4.78, 5) is 24.6. The zero-order chi connectivity index (χ0) is 17.8. The standard InChI is InChI=1S/C21H22N2O2/c1-3-16-8-10-17(11-9-16)22-20(24)12-13-23-19-7-5-4-6-18(19)15(2)14-21(23)25/h4-11,14H,3,12-13H2,1-2H3,(H,22,24). The first-order valence-corrected chi connectivity index (χ1v) is 8.56. The van der Waals surface area contributed by atoms with Gasteiger partial charge in [-0.25, -0.2) is 0 Å². The summed E-state index contributed by atoms with van der Waals surface area (Å²) in [5.41, 5.74) is 3.76. The maximum Gasteiger partial charge on any atom is 0.251 e. The molecule has 4 nitrogen and oxygen atoms in total. The number of benzene rings is 2. The zero-order valence-corrected chi connectivity index (χ0v) is 14.6. The molecule has 1 N–H and O–H groups in total. The van der Waals surface area contributed by atoms with Gasteiger partial charge in [0.15, 0.2) is 0 Å². The maximum absolute atomic E-state index is 12.3. The van der Waals surface area contributed by atoms with E-state index < -0.39 is 0 Å². The zero-order valence-electron chi connectivity index (χ0n) is 14.6. The molecule has 128 valence electrons. The van der Waals surface area contributed by atoms with E-state index >= 15 is 0 Å². The summed E-state index contributed by atoms with van der Waals surface area (Å²) in [6.45, 7) is 4.39. The fourth-order valence-electron chi connectivity index (χ4n) is 2.99. The smallest absolute Gasteiger partial charge is 0.251 e. The Morgan fingerprint density at radius 1 is 1.08 bits per heavy atom. The number of rotatable bonds is 5. The first-order valence-electron chi connectivity index (χ1n) is 8.56. The monoisotopic (exact) mass is 334 g/mol. The van der Waals surface area contributed by atoms with Gasteiger partial charge in [0.05, 0.1) is 5.52 Å². The number of nitrogens with one attached hydrogen (secondary N) is 1. The van der Waals surface area contributed by atoms with Crippen molar-refractivity contribution in [1.82, 2.24) is 4.57 Å². The van der Waals surface area contributed by atoms with E-state index in [1.54, 1.807) is 10.6 Å². The van der Waals surface area contributed by atoms with Crippen molar-refractivity contribution in [2.45, 2.75) is 33.2 Å². The molecule has 0 aliphatic carbocycles. The number of hydrogen-bond acceptors (Lipinski definition) is 2. The third-order valence-corrected chi connectivity index (χ3v) is 4.43. The minimum atomic E-state index is -0.0965. The summed E-state index contributed by atoms with van der Waals surface area (Å²) in [6, 6.07) is 17.2. The Hall–Kier alpha value is -2.88. The molecule has 1 amide bonds. The van der Waals surface area contributed by atoms with E-state index in [0.29, 0.717) is 6.54 Å². The maximum atomic E-state index is 12.3. The quantitative estimate of drug-likeness (QED) is 0.769. The predicted molar refractivity (Wildman–Crippen MR) is 102 cm³/mol. The van der Waals surface area contributed by atoms with Gasteiger partial charge in [-0.2, -0.15) is 0 Å². The Morgan fingerprint density at radius 2 is 1.80 bits per heavy atom. The van der Waals surface area contributed by atoms with Crippen LogP contribution in [-0.2, 0) is 17.8 Å². The molecule has 2 aromatic carbocycles. The number of amides is 1. The van der Waals surface area contributed by atoms with E-state index in [-0.39, 0.29) is 17.9 Å². The van der Waals surface area contributed by atoms with Crippen LogP contribution < -0.4 is 10.9 Å². The SMILES string of the molecule is CCc1ccc(NC(=O)CCn2c(=O)cc(C)c3ccccc32)cc1. The molecule has 0 spiro atoms. The second kappa shape index (κ2) is 7.34. The molecular weight excluding hydrogens is 312 g/mol. The second-order valence-corrected chi connectivity index (χ2v) is 6.18. The first kappa shape index (κ1) is 17.0. The molecule has 0 saturated carbocycles. The van der Waals surface area contributed by atoms with Crippen LogP contribution in [0.4, 0.5) is 5.69 Å². The molecule has 0 atom stereocenters. The molecule has 0 aliphatic rings. The number of aryl methyl sites for hydroxylation is 3. The summed E-state index contributed by atoms with van der Waals surface area (Å²) in [6.07, 6.45) is 1.22. The van der Waals surface area contributed by atoms with E-state index in [4.69, 9.17) is 0 Å².